The molecule has 0 aliphatic rings. The van der Waals surface area contributed by atoms with Gasteiger partial charge in [-0.25, -0.2) is 4.98 Å². The Labute approximate surface area is 164 Å². The lowest BCUT2D eigenvalue weighted by Gasteiger charge is -2.10. The van der Waals surface area contributed by atoms with Gasteiger partial charge in [0, 0.05) is 29.9 Å². The summed E-state index contributed by atoms with van der Waals surface area (Å²) in [6, 6.07) is 13.1. The molecule has 0 radical (unpaired) electrons. The van der Waals surface area contributed by atoms with Gasteiger partial charge in [0.2, 0.25) is 0 Å². The summed E-state index contributed by atoms with van der Waals surface area (Å²) in [4.78, 5) is 8.74. The highest BCUT2D eigenvalue weighted by molar-refractivity contribution is 5.79. The lowest BCUT2D eigenvalue weighted by Crippen LogP contribution is -2.17. The van der Waals surface area contributed by atoms with E-state index >= 15 is 0 Å². The maximum atomic E-state index is 12.5. The van der Waals surface area contributed by atoms with Crippen LogP contribution in [0.25, 0.3) is 22.2 Å². The Morgan fingerprint density at radius 2 is 1.97 bits per heavy atom. The van der Waals surface area contributed by atoms with Crippen molar-refractivity contribution in [3.05, 3.63) is 66.6 Å². The maximum Gasteiger partial charge on any atom is 0.408 e. The van der Waals surface area contributed by atoms with Crippen LogP contribution in [-0.4, -0.2) is 25.9 Å². The van der Waals surface area contributed by atoms with Crippen LogP contribution in [0.3, 0.4) is 0 Å². The van der Waals surface area contributed by atoms with Crippen molar-refractivity contribution in [3.8, 4) is 11.3 Å². The first kappa shape index (κ1) is 18.7. The zero-order valence-corrected chi connectivity index (χ0v) is 15.2. The number of hydrogen-bond acceptors (Lipinski definition) is 5. The Hall–Kier alpha value is -3.62. The first-order chi connectivity index (χ1) is 13.9. The second kappa shape index (κ2) is 7.42. The van der Waals surface area contributed by atoms with Gasteiger partial charge in [-0.15, -0.1) is 0 Å². The first-order valence-corrected chi connectivity index (χ1v) is 8.81. The van der Waals surface area contributed by atoms with Crippen LogP contribution in [0, 0.1) is 0 Å². The number of halogens is 3. The highest BCUT2D eigenvalue weighted by Gasteiger charge is 2.28. The lowest BCUT2D eigenvalue weighted by molar-refractivity contribution is -0.142. The number of fused-ring (bicyclic) bond motifs is 1. The average Bonchev–Trinajstić information content (AvgIpc) is 3.14. The van der Waals surface area contributed by atoms with Crippen molar-refractivity contribution < 1.29 is 13.2 Å². The largest absolute Gasteiger partial charge is 0.408 e. The Bertz CT molecular complexity index is 1150. The molecule has 0 atom stereocenters. The van der Waals surface area contributed by atoms with E-state index in [-0.39, 0.29) is 0 Å². The van der Waals surface area contributed by atoms with E-state index in [0.717, 1.165) is 21.1 Å². The molecule has 0 fully saturated rings. The minimum Gasteiger partial charge on any atom is -0.396 e. The number of rotatable bonds is 5. The second-order valence-electron chi connectivity index (χ2n) is 6.56. The molecule has 0 spiro atoms. The molecule has 6 nitrogen and oxygen atoms in total. The fraction of sp³-hybridized carbons (Fsp3) is 0.150. The number of hydrogen-bond donors (Lipinski definition) is 2. The molecule has 0 saturated carbocycles. The standard InChI is InChI=1S/C20H17F3N6/c21-20(22,23)12-29-11-15(10-27-29)18-6-4-16(24)19(28-18)26-9-13-3-5-17-14(8-13)2-1-7-25-17/h1-8,10-11H,9,12,24H2,(H,26,28). The van der Waals surface area contributed by atoms with Crippen molar-refractivity contribution >= 4 is 22.4 Å². The fourth-order valence-corrected chi connectivity index (χ4v) is 2.96. The minimum absolute atomic E-state index is 0.443. The molecule has 0 amide bonds. The van der Waals surface area contributed by atoms with E-state index in [1.807, 2.05) is 30.3 Å². The highest BCUT2D eigenvalue weighted by Crippen LogP contribution is 2.25. The van der Waals surface area contributed by atoms with Gasteiger partial charge in [-0.3, -0.25) is 9.67 Å². The number of alkyl halides is 3. The van der Waals surface area contributed by atoms with Crippen molar-refractivity contribution in [1.29, 1.82) is 0 Å². The summed E-state index contributed by atoms with van der Waals surface area (Å²) in [5, 5.41) is 7.96. The molecule has 1 aromatic carbocycles. The van der Waals surface area contributed by atoms with Gasteiger partial charge in [0.15, 0.2) is 0 Å². The summed E-state index contributed by atoms with van der Waals surface area (Å²) >= 11 is 0. The van der Waals surface area contributed by atoms with Gasteiger partial charge in [-0.1, -0.05) is 12.1 Å². The van der Waals surface area contributed by atoms with Crippen LogP contribution < -0.4 is 11.1 Å². The van der Waals surface area contributed by atoms with E-state index in [2.05, 4.69) is 20.4 Å². The fourth-order valence-electron chi connectivity index (χ4n) is 2.96. The SMILES string of the molecule is Nc1ccc(-c2cnn(CC(F)(F)F)c2)nc1NCc1ccc2ncccc2c1. The van der Waals surface area contributed by atoms with E-state index < -0.39 is 12.7 Å². The van der Waals surface area contributed by atoms with Crippen LogP contribution in [0.5, 0.6) is 0 Å². The number of pyridine rings is 2. The van der Waals surface area contributed by atoms with Gasteiger partial charge in [0.05, 0.1) is 23.1 Å². The van der Waals surface area contributed by atoms with Gasteiger partial charge in [-0.05, 0) is 35.9 Å². The normalized spacial score (nSPS) is 11.7. The topological polar surface area (TPSA) is 81.6 Å². The lowest BCUT2D eigenvalue weighted by atomic mass is 10.1. The molecule has 3 N–H and O–H groups in total. The third kappa shape index (κ3) is 4.45. The molecule has 0 saturated heterocycles. The summed E-state index contributed by atoms with van der Waals surface area (Å²) in [5.41, 5.74) is 9.35. The Morgan fingerprint density at radius 3 is 2.79 bits per heavy atom. The number of nitrogen functional groups attached to an aromatic ring is 1. The first-order valence-electron chi connectivity index (χ1n) is 8.81. The van der Waals surface area contributed by atoms with Gasteiger partial charge in [0.25, 0.3) is 0 Å². The smallest absolute Gasteiger partial charge is 0.396 e. The van der Waals surface area contributed by atoms with Gasteiger partial charge >= 0.3 is 6.18 Å². The average molecular weight is 398 g/mol. The van der Waals surface area contributed by atoms with E-state index in [4.69, 9.17) is 5.73 Å². The zero-order chi connectivity index (χ0) is 20.4. The number of nitrogens with zero attached hydrogens (tertiary/aromatic N) is 4. The number of nitrogens with one attached hydrogen (secondary N) is 1. The molecule has 4 rings (SSSR count). The van der Waals surface area contributed by atoms with E-state index in [0.29, 0.717) is 29.3 Å². The monoisotopic (exact) mass is 398 g/mol. The van der Waals surface area contributed by atoms with E-state index in [1.54, 1.807) is 18.3 Å². The Morgan fingerprint density at radius 1 is 1.10 bits per heavy atom. The summed E-state index contributed by atoms with van der Waals surface area (Å²) in [6.45, 7) is -0.664. The Kier molecular flexibility index (Phi) is 4.79. The summed E-state index contributed by atoms with van der Waals surface area (Å²) in [5.74, 6) is 0.456. The predicted octanol–water partition coefficient (Wildman–Crippen LogP) is 4.25. The molecule has 29 heavy (non-hydrogen) atoms. The molecular weight excluding hydrogens is 381 g/mol. The van der Waals surface area contributed by atoms with Crippen LogP contribution >= 0.6 is 0 Å². The van der Waals surface area contributed by atoms with Crippen LogP contribution in [0.4, 0.5) is 24.7 Å². The quantitative estimate of drug-likeness (QED) is 0.525. The molecule has 4 aromatic rings. The molecule has 0 aliphatic carbocycles. The van der Waals surface area contributed by atoms with Crippen molar-refractivity contribution in [1.82, 2.24) is 19.7 Å². The molecular formula is C20H17F3N6. The van der Waals surface area contributed by atoms with Gasteiger partial charge in [0.1, 0.15) is 12.4 Å². The van der Waals surface area contributed by atoms with Gasteiger partial charge < -0.3 is 11.1 Å². The number of nitrogens with two attached hydrogens (primary N) is 1. The van der Waals surface area contributed by atoms with Crippen LogP contribution in [0.15, 0.2) is 61.1 Å². The molecule has 148 valence electrons. The van der Waals surface area contributed by atoms with Crippen molar-refractivity contribution in [3.63, 3.8) is 0 Å². The van der Waals surface area contributed by atoms with E-state index in [1.165, 1.54) is 12.4 Å². The second-order valence-corrected chi connectivity index (χ2v) is 6.56. The van der Waals surface area contributed by atoms with Crippen LogP contribution in [-0.2, 0) is 13.1 Å². The zero-order valence-electron chi connectivity index (χ0n) is 15.2. The van der Waals surface area contributed by atoms with Crippen molar-refractivity contribution in [2.45, 2.75) is 19.3 Å². The van der Waals surface area contributed by atoms with Crippen molar-refractivity contribution in [2.75, 3.05) is 11.1 Å². The third-order valence-electron chi connectivity index (χ3n) is 4.32. The Balaban J connectivity index is 1.52. The molecule has 9 heteroatoms. The molecule has 0 aliphatic heterocycles. The molecule has 3 heterocycles. The summed E-state index contributed by atoms with van der Waals surface area (Å²) < 4.78 is 38.4. The predicted molar refractivity (Wildman–Crippen MR) is 105 cm³/mol. The van der Waals surface area contributed by atoms with E-state index in [9.17, 15) is 13.2 Å². The van der Waals surface area contributed by atoms with Crippen LogP contribution in [0.1, 0.15) is 5.56 Å². The summed E-state index contributed by atoms with van der Waals surface area (Å²) in [6.07, 6.45) is 0.0731. The third-order valence-corrected chi connectivity index (χ3v) is 4.32. The summed E-state index contributed by atoms with van der Waals surface area (Å²) in [7, 11) is 0. The van der Waals surface area contributed by atoms with Crippen LogP contribution in [0.2, 0.25) is 0 Å². The highest BCUT2D eigenvalue weighted by atomic mass is 19.4. The minimum atomic E-state index is -4.33. The number of benzene rings is 1. The van der Waals surface area contributed by atoms with Gasteiger partial charge in [-0.2, -0.15) is 18.3 Å². The molecule has 0 bridgehead atoms. The molecule has 0 unspecified atom stereocenters. The van der Waals surface area contributed by atoms with Crippen molar-refractivity contribution in [2.24, 2.45) is 0 Å². The molecule has 3 aromatic heterocycles. The number of anilines is 2. The number of aromatic nitrogens is 4. The maximum absolute atomic E-state index is 12.5.